The zero-order valence-corrected chi connectivity index (χ0v) is 14.4. The molecule has 2 aromatic rings. The van der Waals surface area contributed by atoms with E-state index in [0.717, 1.165) is 21.7 Å². The Hall–Kier alpha value is -2.01. The minimum Gasteiger partial charge on any atom is -0.496 e. The molecule has 0 heterocycles. The summed E-state index contributed by atoms with van der Waals surface area (Å²) in [6.45, 7) is 1.37. The number of hydrogen-bond donors (Lipinski definition) is 2. The molecule has 0 unspecified atom stereocenters. The van der Waals surface area contributed by atoms with Gasteiger partial charge in [0.1, 0.15) is 5.75 Å². The third-order valence-corrected chi connectivity index (χ3v) is 3.70. The van der Waals surface area contributed by atoms with Crippen LogP contribution in [0, 0.1) is 0 Å². The maximum atomic E-state index is 5.35. The van der Waals surface area contributed by atoms with Gasteiger partial charge >= 0.3 is 0 Å². The molecule has 2 aromatic carbocycles. The molecule has 0 aliphatic heterocycles. The average molecular weight is 362 g/mol. The van der Waals surface area contributed by atoms with Crippen molar-refractivity contribution in [1.29, 1.82) is 0 Å². The van der Waals surface area contributed by atoms with Crippen LogP contribution in [0.4, 0.5) is 0 Å². The van der Waals surface area contributed by atoms with Crippen molar-refractivity contribution >= 4 is 21.9 Å². The molecule has 0 atom stereocenters. The fourth-order valence-electron chi connectivity index (χ4n) is 2.08. The Morgan fingerprint density at radius 1 is 1.09 bits per heavy atom. The Bertz CT molecular complexity index is 643. The summed E-state index contributed by atoms with van der Waals surface area (Å²) < 4.78 is 6.42. The summed E-state index contributed by atoms with van der Waals surface area (Å²) in [5.74, 6) is 1.63. The van der Waals surface area contributed by atoms with E-state index in [-0.39, 0.29) is 0 Å². The first-order valence-electron chi connectivity index (χ1n) is 7.04. The summed E-state index contributed by atoms with van der Waals surface area (Å²) in [7, 11) is 3.44. The lowest BCUT2D eigenvalue weighted by Crippen LogP contribution is -2.36. The number of nitrogens with one attached hydrogen (secondary N) is 2. The second-order valence-electron chi connectivity index (χ2n) is 4.72. The first-order valence-corrected chi connectivity index (χ1v) is 7.83. The number of benzene rings is 2. The lowest BCUT2D eigenvalue weighted by Gasteiger charge is -2.14. The van der Waals surface area contributed by atoms with Crippen molar-refractivity contribution in [3.63, 3.8) is 0 Å². The van der Waals surface area contributed by atoms with E-state index in [1.165, 1.54) is 5.56 Å². The molecule has 0 aliphatic rings. The Morgan fingerprint density at radius 2 is 1.86 bits per heavy atom. The number of halogens is 1. The highest BCUT2D eigenvalue weighted by Crippen LogP contribution is 2.16. The summed E-state index contributed by atoms with van der Waals surface area (Å²) in [6, 6.07) is 16.1. The van der Waals surface area contributed by atoms with E-state index in [0.29, 0.717) is 13.1 Å². The van der Waals surface area contributed by atoms with Gasteiger partial charge in [0.2, 0.25) is 0 Å². The van der Waals surface area contributed by atoms with Crippen molar-refractivity contribution in [3.8, 4) is 5.75 Å². The number of ether oxygens (including phenoxy) is 1. The number of guanidine groups is 1. The van der Waals surface area contributed by atoms with Gasteiger partial charge in [-0.25, -0.2) is 0 Å². The van der Waals surface area contributed by atoms with Crippen molar-refractivity contribution in [3.05, 3.63) is 64.1 Å². The van der Waals surface area contributed by atoms with Crippen molar-refractivity contribution in [1.82, 2.24) is 10.6 Å². The molecule has 0 aliphatic carbocycles. The maximum Gasteiger partial charge on any atom is 0.191 e. The highest BCUT2D eigenvalue weighted by Gasteiger charge is 2.03. The van der Waals surface area contributed by atoms with Gasteiger partial charge in [0.05, 0.1) is 7.11 Å². The van der Waals surface area contributed by atoms with Crippen LogP contribution in [0.15, 0.2) is 58.0 Å². The number of nitrogens with zero attached hydrogens (tertiary/aromatic N) is 1. The van der Waals surface area contributed by atoms with E-state index in [4.69, 9.17) is 4.74 Å². The smallest absolute Gasteiger partial charge is 0.191 e. The van der Waals surface area contributed by atoms with Gasteiger partial charge in [-0.1, -0.05) is 46.3 Å². The van der Waals surface area contributed by atoms with E-state index < -0.39 is 0 Å². The van der Waals surface area contributed by atoms with Gasteiger partial charge < -0.3 is 15.4 Å². The van der Waals surface area contributed by atoms with Crippen LogP contribution in [0.25, 0.3) is 0 Å². The van der Waals surface area contributed by atoms with E-state index in [9.17, 15) is 0 Å². The van der Waals surface area contributed by atoms with E-state index in [2.05, 4.69) is 43.7 Å². The molecule has 0 aromatic heterocycles. The van der Waals surface area contributed by atoms with Crippen LogP contribution in [0.3, 0.4) is 0 Å². The third-order valence-electron chi connectivity index (χ3n) is 3.21. The molecule has 2 N–H and O–H groups in total. The molecule has 4 nitrogen and oxygen atoms in total. The van der Waals surface area contributed by atoms with Gasteiger partial charge in [-0.05, 0) is 23.8 Å². The Morgan fingerprint density at radius 3 is 2.59 bits per heavy atom. The van der Waals surface area contributed by atoms with Gasteiger partial charge in [-0.15, -0.1) is 0 Å². The Labute approximate surface area is 139 Å². The van der Waals surface area contributed by atoms with E-state index >= 15 is 0 Å². The molecule has 0 bridgehead atoms. The number of methoxy groups -OCH3 is 1. The average Bonchev–Trinajstić information content (AvgIpc) is 2.55. The summed E-state index contributed by atoms with van der Waals surface area (Å²) in [5, 5.41) is 6.59. The molecule has 0 amide bonds. The third kappa shape index (κ3) is 4.77. The molecule has 0 spiro atoms. The lowest BCUT2D eigenvalue weighted by molar-refractivity contribution is 0.409. The highest BCUT2D eigenvalue weighted by atomic mass is 79.9. The fourth-order valence-corrected chi connectivity index (χ4v) is 2.53. The van der Waals surface area contributed by atoms with Gasteiger partial charge in [-0.2, -0.15) is 0 Å². The molecule has 5 heteroatoms. The highest BCUT2D eigenvalue weighted by molar-refractivity contribution is 9.10. The van der Waals surface area contributed by atoms with Crippen molar-refractivity contribution in [2.24, 2.45) is 4.99 Å². The Kier molecular flexibility index (Phi) is 6.27. The van der Waals surface area contributed by atoms with Crippen LogP contribution in [0.2, 0.25) is 0 Å². The summed E-state index contributed by atoms with van der Waals surface area (Å²) in [5.41, 5.74) is 2.28. The molecule has 2 rings (SSSR count). The topological polar surface area (TPSA) is 45.7 Å². The zero-order valence-electron chi connectivity index (χ0n) is 12.8. The predicted octanol–water partition coefficient (Wildman–Crippen LogP) is 3.32. The molecule has 22 heavy (non-hydrogen) atoms. The Balaban J connectivity index is 1.90. The molecular weight excluding hydrogens is 342 g/mol. The van der Waals surface area contributed by atoms with Crippen LogP contribution in [-0.4, -0.2) is 20.1 Å². The molecule has 0 saturated heterocycles. The van der Waals surface area contributed by atoms with Crippen LogP contribution in [0.1, 0.15) is 11.1 Å². The van der Waals surface area contributed by atoms with E-state index in [1.807, 2.05) is 36.4 Å². The van der Waals surface area contributed by atoms with Gasteiger partial charge in [0, 0.05) is 30.2 Å². The quantitative estimate of drug-likeness (QED) is 0.634. The second kappa shape index (κ2) is 8.44. The van der Waals surface area contributed by atoms with Crippen molar-refractivity contribution in [2.45, 2.75) is 13.1 Å². The first-order chi connectivity index (χ1) is 10.7. The van der Waals surface area contributed by atoms with Gasteiger partial charge in [0.15, 0.2) is 5.96 Å². The SMILES string of the molecule is CN=C(NCc1cccc(Br)c1)NCc1ccccc1OC. The van der Waals surface area contributed by atoms with Crippen LogP contribution >= 0.6 is 15.9 Å². The molecule has 116 valence electrons. The molecular formula is C17H20BrN3O. The van der Waals surface area contributed by atoms with Gasteiger partial charge in [0.25, 0.3) is 0 Å². The van der Waals surface area contributed by atoms with Crippen LogP contribution in [0.5, 0.6) is 5.75 Å². The standard InChI is InChI=1S/C17H20BrN3O/c1-19-17(20-11-13-6-5-8-15(18)10-13)21-12-14-7-3-4-9-16(14)22-2/h3-10H,11-12H2,1-2H3,(H2,19,20,21). The normalized spacial score (nSPS) is 11.1. The molecule has 0 radical (unpaired) electrons. The largest absolute Gasteiger partial charge is 0.496 e. The number of hydrogen-bond acceptors (Lipinski definition) is 2. The number of rotatable bonds is 5. The lowest BCUT2D eigenvalue weighted by atomic mass is 10.2. The summed E-state index contributed by atoms with van der Waals surface area (Å²) in [4.78, 5) is 4.24. The second-order valence-corrected chi connectivity index (χ2v) is 5.64. The molecule has 0 saturated carbocycles. The van der Waals surface area contributed by atoms with Crippen molar-refractivity contribution < 1.29 is 4.74 Å². The molecule has 0 fully saturated rings. The zero-order chi connectivity index (χ0) is 15.8. The van der Waals surface area contributed by atoms with Crippen LogP contribution in [-0.2, 0) is 13.1 Å². The van der Waals surface area contributed by atoms with Gasteiger partial charge in [-0.3, -0.25) is 4.99 Å². The van der Waals surface area contributed by atoms with Crippen molar-refractivity contribution in [2.75, 3.05) is 14.2 Å². The van der Waals surface area contributed by atoms with E-state index in [1.54, 1.807) is 14.2 Å². The fraction of sp³-hybridized carbons (Fsp3) is 0.235. The minimum absolute atomic E-state index is 0.655. The maximum absolute atomic E-state index is 5.35. The monoisotopic (exact) mass is 361 g/mol. The summed E-state index contributed by atoms with van der Waals surface area (Å²) in [6.07, 6.45) is 0. The minimum atomic E-state index is 0.655. The number of aliphatic imine (C=N–C) groups is 1. The first kappa shape index (κ1) is 16.4. The summed E-state index contributed by atoms with van der Waals surface area (Å²) >= 11 is 3.48. The predicted molar refractivity (Wildman–Crippen MR) is 94.2 cm³/mol. The van der Waals surface area contributed by atoms with Crippen LogP contribution < -0.4 is 15.4 Å². The number of para-hydroxylation sites is 1.